The van der Waals surface area contributed by atoms with E-state index in [1.54, 1.807) is 12.1 Å². The molecule has 0 radical (unpaired) electrons. The Labute approximate surface area is 220 Å². The lowest BCUT2D eigenvalue weighted by Crippen LogP contribution is -2.39. The largest absolute Gasteiger partial charge is 0.375 e. The van der Waals surface area contributed by atoms with Crippen LogP contribution in [0.2, 0.25) is 0 Å². The summed E-state index contributed by atoms with van der Waals surface area (Å²) in [6, 6.07) is 34.0. The molecule has 0 saturated carbocycles. The Hall–Kier alpha value is -3.29. The molecule has 0 aromatic heterocycles. The third-order valence-corrected chi connectivity index (χ3v) is 7.72. The monoisotopic (exact) mass is 514 g/mol. The second-order valence-electron chi connectivity index (χ2n) is 9.20. The SMILES string of the molecule is Cc1ccc(COCCN[C@@H](c2ccccc2)[C@H](NS(=O)(=O)c2ccc(C)cc2)c2ccccc2)cc1. The first-order valence-electron chi connectivity index (χ1n) is 12.5. The van der Waals surface area contributed by atoms with Gasteiger partial charge in [0.2, 0.25) is 10.0 Å². The molecule has 0 heterocycles. The highest BCUT2D eigenvalue weighted by Crippen LogP contribution is 2.30. The van der Waals surface area contributed by atoms with Crippen molar-refractivity contribution in [1.82, 2.24) is 10.0 Å². The van der Waals surface area contributed by atoms with Crippen LogP contribution < -0.4 is 10.0 Å². The molecule has 4 aromatic carbocycles. The quantitative estimate of drug-likeness (QED) is 0.232. The van der Waals surface area contributed by atoms with E-state index in [0.717, 1.165) is 22.3 Å². The highest BCUT2D eigenvalue weighted by Gasteiger charge is 2.29. The molecule has 4 aromatic rings. The van der Waals surface area contributed by atoms with Gasteiger partial charge in [-0.05, 0) is 42.7 Å². The molecule has 0 aliphatic rings. The zero-order valence-electron chi connectivity index (χ0n) is 21.3. The predicted molar refractivity (Wildman–Crippen MR) is 149 cm³/mol. The molecule has 0 amide bonds. The smallest absolute Gasteiger partial charge is 0.241 e. The van der Waals surface area contributed by atoms with Crippen molar-refractivity contribution >= 4 is 10.0 Å². The van der Waals surface area contributed by atoms with Gasteiger partial charge in [0, 0.05) is 6.54 Å². The minimum atomic E-state index is -3.77. The first kappa shape index (κ1) is 26.8. The molecule has 0 bridgehead atoms. The maximum absolute atomic E-state index is 13.5. The van der Waals surface area contributed by atoms with Crippen LogP contribution in [0.15, 0.2) is 114 Å². The number of nitrogens with one attached hydrogen (secondary N) is 2. The summed E-state index contributed by atoms with van der Waals surface area (Å²) in [4.78, 5) is 0.243. The van der Waals surface area contributed by atoms with E-state index >= 15 is 0 Å². The summed E-state index contributed by atoms with van der Waals surface area (Å²) >= 11 is 0. The van der Waals surface area contributed by atoms with Gasteiger partial charge in [0.1, 0.15) is 0 Å². The Balaban J connectivity index is 1.55. The minimum absolute atomic E-state index is 0.243. The lowest BCUT2D eigenvalue weighted by molar-refractivity contribution is 0.119. The van der Waals surface area contributed by atoms with Gasteiger partial charge in [-0.3, -0.25) is 0 Å². The summed E-state index contributed by atoms with van der Waals surface area (Å²) in [5, 5.41) is 3.56. The van der Waals surface area contributed by atoms with Crippen molar-refractivity contribution in [3.63, 3.8) is 0 Å². The third kappa shape index (κ3) is 7.60. The van der Waals surface area contributed by atoms with E-state index in [1.165, 1.54) is 5.56 Å². The average molecular weight is 515 g/mol. The molecule has 0 fully saturated rings. The Morgan fingerprint density at radius 2 is 1.19 bits per heavy atom. The van der Waals surface area contributed by atoms with Gasteiger partial charge in [0.05, 0.1) is 30.2 Å². The number of hydrogen-bond donors (Lipinski definition) is 2. The number of sulfonamides is 1. The van der Waals surface area contributed by atoms with Crippen LogP contribution >= 0.6 is 0 Å². The van der Waals surface area contributed by atoms with Gasteiger partial charge in [0.25, 0.3) is 0 Å². The zero-order valence-corrected chi connectivity index (χ0v) is 22.1. The van der Waals surface area contributed by atoms with Crippen LogP contribution in [0.3, 0.4) is 0 Å². The van der Waals surface area contributed by atoms with Crippen LogP contribution in [-0.4, -0.2) is 21.6 Å². The highest BCUT2D eigenvalue weighted by atomic mass is 32.2. The fraction of sp³-hybridized carbons (Fsp3) is 0.226. The maximum Gasteiger partial charge on any atom is 0.241 e. The molecule has 192 valence electrons. The van der Waals surface area contributed by atoms with Gasteiger partial charge < -0.3 is 10.1 Å². The van der Waals surface area contributed by atoms with Gasteiger partial charge >= 0.3 is 0 Å². The predicted octanol–water partition coefficient (Wildman–Crippen LogP) is 5.87. The lowest BCUT2D eigenvalue weighted by atomic mass is 9.94. The van der Waals surface area contributed by atoms with Crippen LogP contribution in [0, 0.1) is 13.8 Å². The second kappa shape index (κ2) is 12.8. The first-order valence-corrected chi connectivity index (χ1v) is 14.0. The Morgan fingerprint density at radius 1 is 0.676 bits per heavy atom. The summed E-state index contributed by atoms with van der Waals surface area (Å²) in [6.07, 6.45) is 0. The van der Waals surface area contributed by atoms with Crippen molar-refractivity contribution in [2.75, 3.05) is 13.2 Å². The molecule has 2 N–H and O–H groups in total. The van der Waals surface area contributed by atoms with E-state index in [-0.39, 0.29) is 10.9 Å². The Morgan fingerprint density at radius 3 is 1.76 bits per heavy atom. The van der Waals surface area contributed by atoms with Gasteiger partial charge in [-0.2, -0.15) is 0 Å². The summed E-state index contributed by atoms with van der Waals surface area (Å²) in [5.74, 6) is 0. The fourth-order valence-electron chi connectivity index (χ4n) is 4.19. The molecule has 2 atom stereocenters. The van der Waals surface area contributed by atoms with Crippen molar-refractivity contribution in [3.8, 4) is 0 Å². The van der Waals surface area contributed by atoms with Crippen LogP contribution in [0.1, 0.15) is 39.9 Å². The minimum Gasteiger partial charge on any atom is -0.375 e. The molecule has 4 rings (SSSR count). The van der Waals surface area contributed by atoms with E-state index in [9.17, 15) is 8.42 Å². The van der Waals surface area contributed by atoms with E-state index in [4.69, 9.17) is 4.74 Å². The van der Waals surface area contributed by atoms with Crippen molar-refractivity contribution in [2.45, 2.75) is 37.4 Å². The van der Waals surface area contributed by atoms with Crippen LogP contribution in [0.4, 0.5) is 0 Å². The molecule has 6 heteroatoms. The first-order chi connectivity index (χ1) is 17.9. The van der Waals surface area contributed by atoms with Crippen molar-refractivity contribution in [2.24, 2.45) is 0 Å². The molecule has 5 nitrogen and oxygen atoms in total. The molecular formula is C31H34N2O3S. The Bertz CT molecular complexity index is 1340. The summed E-state index contributed by atoms with van der Waals surface area (Å²) in [5.41, 5.74) is 5.21. The average Bonchev–Trinajstić information content (AvgIpc) is 2.92. The maximum atomic E-state index is 13.5. The molecule has 37 heavy (non-hydrogen) atoms. The molecule has 0 aliphatic carbocycles. The summed E-state index contributed by atoms with van der Waals surface area (Å²) in [7, 11) is -3.77. The van der Waals surface area contributed by atoms with Gasteiger partial charge in [-0.25, -0.2) is 13.1 Å². The van der Waals surface area contributed by atoms with E-state index in [0.29, 0.717) is 19.8 Å². The van der Waals surface area contributed by atoms with Gasteiger partial charge in [0.15, 0.2) is 0 Å². The standard InChI is InChI=1S/C31H34N2O3S/c1-24-13-17-26(18-14-24)23-36-22-21-32-30(27-9-5-3-6-10-27)31(28-11-7-4-8-12-28)33-37(34,35)29-19-15-25(2)16-20-29/h3-20,30-33H,21-23H2,1-2H3/t30-,31+/m0/s1. The van der Waals surface area contributed by atoms with E-state index < -0.39 is 16.1 Å². The van der Waals surface area contributed by atoms with Crippen LogP contribution in [0.5, 0.6) is 0 Å². The number of ether oxygens (including phenoxy) is 1. The molecule has 0 unspecified atom stereocenters. The van der Waals surface area contributed by atoms with E-state index in [1.807, 2.05) is 79.7 Å². The van der Waals surface area contributed by atoms with E-state index in [2.05, 4.69) is 41.2 Å². The van der Waals surface area contributed by atoms with Crippen LogP contribution in [0.25, 0.3) is 0 Å². The summed E-state index contributed by atoms with van der Waals surface area (Å²) < 4.78 is 35.8. The van der Waals surface area contributed by atoms with Gasteiger partial charge in [-0.1, -0.05) is 108 Å². The normalized spacial score (nSPS) is 13.2. The number of benzene rings is 4. The topological polar surface area (TPSA) is 67.4 Å². The molecule has 0 spiro atoms. The number of rotatable bonds is 12. The fourth-order valence-corrected chi connectivity index (χ4v) is 5.43. The summed E-state index contributed by atoms with van der Waals surface area (Å²) in [6.45, 7) is 5.58. The van der Waals surface area contributed by atoms with Crippen molar-refractivity contribution in [1.29, 1.82) is 0 Å². The second-order valence-corrected chi connectivity index (χ2v) is 10.9. The molecular weight excluding hydrogens is 480 g/mol. The van der Waals surface area contributed by atoms with Crippen molar-refractivity contribution in [3.05, 3.63) is 137 Å². The van der Waals surface area contributed by atoms with Crippen LogP contribution in [-0.2, 0) is 21.4 Å². The molecule has 0 saturated heterocycles. The third-order valence-electron chi connectivity index (χ3n) is 6.26. The highest BCUT2D eigenvalue weighted by molar-refractivity contribution is 7.89. The Kier molecular flexibility index (Phi) is 9.25. The lowest BCUT2D eigenvalue weighted by Gasteiger charge is -2.30. The van der Waals surface area contributed by atoms with Crippen molar-refractivity contribution < 1.29 is 13.2 Å². The number of aryl methyl sites for hydroxylation is 2. The zero-order chi connectivity index (χ0) is 26.1. The van der Waals surface area contributed by atoms with Gasteiger partial charge in [-0.15, -0.1) is 0 Å². The molecule has 0 aliphatic heterocycles. The number of hydrogen-bond acceptors (Lipinski definition) is 4.